The first-order chi connectivity index (χ1) is 33.3. The molecule has 0 saturated heterocycles. The number of carboxylic acids is 2. The molecule has 1 fully saturated rings. The highest BCUT2D eigenvalue weighted by molar-refractivity contribution is 7.90. The highest BCUT2D eigenvalue weighted by Crippen LogP contribution is 2.30. The summed E-state index contributed by atoms with van der Waals surface area (Å²) in [6.45, 7) is 3.38. The summed E-state index contributed by atoms with van der Waals surface area (Å²) >= 11 is 0. The van der Waals surface area contributed by atoms with E-state index in [-0.39, 0.29) is 23.7 Å². The van der Waals surface area contributed by atoms with Crippen molar-refractivity contribution < 1.29 is 65.8 Å². The van der Waals surface area contributed by atoms with Crippen LogP contribution in [0.1, 0.15) is 108 Å². The van der Waals surface area contributed by atoms with Crippen LogP contribution in [0, 0.1) is 11.8 Å². The monoisotopic (exact) mass is 996 g/mol. The summed E-state index contributed by atoms with van der Waals surface area (Å²) in [4.78, 5) is 107. The van der Waals surface area contributed by atoms with Gasteiger partial charge in [-0.15, -0.1) is 0 Å². The van der Waals surface area contributed by atoms with E-state index in [0.717, 1.165) is 19.3 Å². The molecule has 6 amide bonds. The number of carboxylic acid groups (broad SMARTS) is 2. The molecule has 6 atom stereocenters. The summed E-state index contributed by atoms with van der Waals surface area (Å²) in [6.07, 6.45) is -2.43. The van der Waals surface area contributed by atoms with Crippen LogP contribution in [0.15, 0.2) is 95.9 Å². The number of carbonyl (C=O) groups is 8. The molecule has 380 valence electrons. The first kappa shape index (κ1) is 55.8. The van der Waals surface area contributed by atoms with Crippen molar-refractivity contribution in [2.24, 2.45) is 11.8 Å². The summed E-state index contributed by atoms with van der Waals surface area (Å²) in [7, 11) is -4.55. The number of nitrogens with one attached hydrogen (secondary N) is 6. The van der Waals surface area contributed by atoms with Gasteiger partial charge in [-0.05, 0) is 47.9 Å². The van der Waals surface area contributed by atoms with Gasteiger partial charge in [-0.1, -0.05) is 131 Å². The van der Waals surface area contributed by atoms with Crippen molar-refractivity contribution in [2.45, 2.75) is 138 Å². The van der Waals surface area contributed by atoms with Gasteiger partial charge in [-0.25, -0.2) is 21.9 Å². The van der Waals surface area contributed by atoms with E-state index in [0.29, 0.717) is 24.0 Å². The fourth-order valence-electron chi connectivity index (χ4n) is 8.21. The average Bonchev–Trinajstić information content (AvgIpc) is 3.33. The van der Waals surface area contributed by atoms with Crippen LogP contribution in [0.3, 0.4) is 0 Å². The van der Waals surface area contributed by atoms with Crippen LogP contribution in [0.2, 0.25) is 0 Å². The average molecular weight is 997 g/mol. The Morgan fingerprint density at radius 2 is 1.10 bits per heavy atom. The number of amides is 6. The van der Waals surface area contributed by atoms with Crippen molar-refractivity contribution in [1.29, 1.82) is 0 Å². The van der Waals surface area contributed by atoms with E-state index in [1.807, 2.05) is 0 Å². The first-order valence-corrected chi connectivity index (χ1v) is 24.7. The van der Waals surface area contributed by atoms with Gasteiger partial charge >= 0.3 is 11.9 Å². The number of halogens is 2. The van der Waals surface area contributed by atoms with Gasteiger partial charge in [-0.2, -0.15) is 0 Å². The molecule has 18 nitrogen and oxygen atoms in total. The smallest absolute Gasteiger partial charge is 0.303 e. The molecule has 8 N–H and O–H groups in total. The number of carbonyl (C=O) groups excluding carboxylic acids is 6. The molecule has 6 unspecified atom stereocenters. The quantitative estimate of drug-likeness (QED) is 0.0535. The Balaban J connectivity index is 1.71. The predicted octanol–water partition coefficient (Wildman–Crippen LogP) is 4.15. The number of sulfonamides is 1. The van der Waals surface area contributed by atoms with Crippen LogP contribution in [-0.2, 0) is 48.4 Å². The second-order valence-electron chi connectivity index (χ2n) is 17.4. The second kappa shape index (κ2) is 27.4. The summed E-state index contributed by atoms with van der Waals surface area (Å²) in [5.74, 6) is -10.5. The molecule has 0 spiro atoms. The van der Waals surface area contributed by atoms with Crippen LogP contribution in [-0.4, -0.2) is 103 Å². The zero-order chi connectivity index (χ0) is 51.4. The maximum Gasteiger partial charge on any atom is 0.303 e. The number of rotatable bonds is 27. The molecule has 4 rings (SSSR count). The first-order valence-electron chi connectivity index (χ1n) is 23.2. The Hall–Kier alpha value is -6.77. The van der Waals surface area contributed by atoms with Gasteiger partial charge in [0, 0.05) is 25.2 Å². The van der Waals surface area contributed by atoms with Gasteiger partial charge in [0.15, 0.2) is 0 Å². The maximum atomic E-state index is 15.0. The molecule has 0 aromatic heterocycles. The highest BCUT2D eigenvalue weighted by atomic mass is 32.2. The summed E-state index contributed by atoms with van der Waals surface area (Å²) in [6, 6.07) is 15.7. The molecular weight excluding hydrogens is 935 g/mol. The molecular formula is C49H62F2N6O12S. The molecule has 0 aliphatic heterocycles. The van der Waals surface area contributed by atoms with Crippen LogP contribution in [0.4, 0.5) is 8.78 Å². The number of benzene rings is 3. The van der Waals surface area contributed by atoms with Gasteiger partial charge in [0.25, 0.3) is 15.9 Å². The van der Waals surface area contributed by atoms with E-state index in [1.165, 1.54) is 30.3 Å². The minimum atomic E-state index is -4.55. The Labute approximate surface area is 405 Å². The van der Waals surface area contributed by atoms with E-state index in [4.69, 9.17) is 5.11 Å². The van der Waals surface area contributed by atoms with Crippen LogP contribution in [0.5, 0.6) is 0 Å². The second-order valence-corrected chi connectivity index (χ2v) is 19.1. The van der Waals surface area contributed by atoms with Crippen molar-refractivity contribution in [2.75, 3.05) is 0 Å². The van der Waals surface area contributed by atoms with Gasteiger partial charge in [0.05, 0.1) is 11.3 Å². The Kier molecular flexibility index (Phi) is 21.9. The zero-order valence-electron chi connectivity index (χ0n) is 39.0. The summed E-state index contributed by atoms with van der Waals surface area (Å²) in [5.41, 5.74) is 1.05. The summed E-state index contributed by atoms with van der Waals surface area (Å²) in [5, 5.41) is 31.4. The minimum Gasteiger partial charge on any atom is -0.481 e. The Bertz CT molecular complexity index is 2320. The standard InChI is InChI=1S/C49H62F2N6O12S/c1-3-30(2)43(48(66)54-36(28-31-16-8-4-9-17-31)46(64)53-37(29-38(50)51)47(65)57-70(68,69)34-22-14-7-15-23-34)55-49(67)44(42(32-18-10-5-11-19-32)33-20-12-6-13-21-33)56-45(63)35(24-26-40(59)60)52-39(58)25-27-41(61)62/h5-7,10-15,18-23,30-31,35-38,42-44H,3-4,8-9,16-17,24-29H2,1-2H3,(H,52,58)(H,53,64)(H,54,66)(H,55,67)(H,56,63)(H,57,65)(H,59,60)(H,61,62). The molecule has 70 heavy (non-hydrogen) atoms. The van der Waals surface area contributed by atoms with Crippen LogP contribution in [0.25, 0.3) is 0 Å². The lowest BCUT2D eigenvalue weighted by molar-refractivity contribution is -0.139. The largest absolute Gasteiger partial charge is 0.481 e. The lowest BCUT2D eigenvalue weighted by Gasteiger charge is -2.33. The van der Waals surface area contributed by atoms with Crippen molar-refractivity contribution in [1.82, 2.24) is 31.3 Å². The molecule has 3 aromatic rings. The molecule has 0 radical (unpaired) electrons. The van der Waals surface area contributed by atoms with E-state index in [2.05, 4.69) is 26.6 Å². The SMILES string of the molecule is CCC(C)C(NC(=O)C(NC(=O)C(CCC(=O)O)NC(=O)CCC(=O)O)C(c1ccccc1)c1ccccc1)C(=O)NC(CC1CCCCC1)C(=O)NC(CC(F)F)C(=O)NS(=O)(=O)c1ccccc1. The maximum absolute atomic E-state index is 15.0. The van der Waals surface area contributed by atoms with Crippen molar-refractivity contribution in [3.05, 3.63) is 102 Å². The number of alkyl halides is 2. The van der Waals surface area contributed by atoms with Crippen molar-refractivity contribution in [3.8, 4) is 0 Å². The van der Waals surface area contributed by atoms with Crippen LogP contribution >= 0.6 is 0 Å². The third kappa shape index (κ3) is 17.6. The Morgan fingerprint density at radius 1 is 0.600 bits per heavy atom. The van der Waals surface area contributed by atoms with E-state index in [1.54, 1.807) is 79.2 Å². The van der Waals surface area contributed by atoms with E-state index < -0.39 is 138 Å². The molecule has 1 aliphatic carbocycles. The molecule has 21 heteroatoms. The predicted molar refractivity (Wildman–Crippen MR) is 251 cm³/mol. The van der Waals surface area contributed by atoms with Crippen LogP contribution < -0.4 is 31.3 Å². The molecule has 0 heterocycles. The third-order valence-corrected chi connectivity index (χ3v) is 13.5. The van der Waals surface area contributed by atoms with Crippen molar-refractivity contribution >= 4 is 57.4 Å². The minimum absolute atomic E-state index is 0.00274. The lowest BCUT2D eigenvalue weighted by Crippen LogP contribution is -2.61. The van der Waals surface area contributed by atoms with Gasteiger partial charge in [-0.3, -0.25) is 38.4 Å². The number of hydrogen-bond donors (Lipinski definition) is 8. The normalized spacial score (nSPS) is 15.5. The molecule has 0 bridgehead atoms. The van der Waals surface area contributed by atoms with E-state index in [9.17, 15) is 60.7 Å². The summed E-state index contributed by atoms with van der Waals surface area (Å²) < 4.78 is 55.7. The number of aliphatic carboxylic acids is 2. The zero-order valence-corrected chi connectivity index (χ0v) is 39.8. The fourth-order valence-corrected chi connectivity index (χ4v) is 9.25. The fraction of sp³-hybridized carbons (Fsp3) is 0.469. The topological polar surface area (TPSA) is 283 Å². The van der Waals surface area contributed by atoms with Crippen molar-refractivity contribution in [3.63, 3.8) is 0 Å². The van der Waals surface area contributed by atoms with Gasteiger partial charge in [0.1, 0.15) is 30.2 Å². The molecule has 3 aromatic carbocycles. The Morgan fingerprint density at radius 3 is 1.63 bits per heavy atom. The van der Waals surface area contributed by atoms with Gasteiger partial charge in [0.2, 0.25) is 36.0 Å². The lowest BCUT2D eigenvalue weighted by atomic mass is 9.83. The van der Waals surface area contributed by atoms with E-state index >= 15 is 0 Å². The molecule has 1 aliphatic rings. The van der Waals surface area contributed by atoms with Gasteiger partial charge < -0.3 is 36.8 Å². The third-order valence-electron chi connectivity index (χ3n) is 12.2. The highest BCUT2D eigenvalue weighted by Gasteiger charge is 2.39. The number of hydrogen-bond acceptors (Lipinski definition) is 10. The molecule has 1 saturated carbocycles.